The van der Waals surface area contributed by atoms with Crippen molar-refractivity contribution in [2.45, 2.75) is 13.0 Å². The van der Waals surface area contributed by atoms with Crippen LogP contribution in [0.1, 0.15) is 12.1 Å². The molecular formula is C10H14N4O2. The van der Waals surface area contributed by atoms with Crippen LogP contribution >= 0.6 is 0 Å². The van der Waals surface area contributed by atoms with E-state index in [2.05, 4.69) is 9.98 Å². The minimum atomic E-state index is -0.790. The number of nitrogens with zero attached hydrogens (tertiary/aromatic N) is 2. The van der Waals surface area contributed by atoms with E-state index < -0.39 is 6.03 Å². The van der Waals surface area contributed by atoms with Crippen LogP contribution in [0.15, 0.2) is 29.4 Å². The molecule has 1 rings (SSSR count). The number of primary amides is 1. The summed E-state index contributed by atoms with van der Waals surface area (Å²) in [6.07, 6.45) is 2.07. The largest absolute Gasteiger partial charge is 0.387 e. The van der Waals surface area contributed by atoms with Gasteiger partial charge in [-0.2, -0.15) is 4.99 Å². The molecule has 0 aliphatic heterocycles. The molecule has 4 N–H and O–H groups in total. The van der Waals surface area contributed by atoms with Crippen LogP contribution in [0.2, 0.25) is 0 Å². The molecule has 6 heteroatoms. The highest BCUT2D eigenvalue weighted by molar-refractivity contribution is 5.92. The Balaban J connectivity index is 2.20. The molecule has 0 saturated heterocycles. The highest BCUT2D eigenvalue weighted by Gasteiger charge is 1.97. The van der Waals surface area contributed by atoms with E-state index in [-0.39, 0.29) is 5.84 Å². The van der Waals surface area contributed by atoms with Gasteiger partial charge in [0.1, 0.15) is 5.84 Å². The predicted molar refractivity (Wildman–Crippen MR) is 59.7 cm³/mol. The van der Waals surface area contributed by atoms with Crippen molar-refractivity contribution < 1.29 is 9.53 Å². The van der Waals surface area contributed by atoms with Crippen LogP contribution < -0.4 is 11.5 Å². The van der Waals surface area contributed by atoms with Crippen molar-refractivity contribution >= 4 is 11.9 Å². The molecule has 1 aromatic heterocycles. The zero-order valence-corrected chi connectivity index (χ0v) is 8.80. The minimum absolute atomic E-state index is 0.175. The highest BCUT2D eigenvalue weighted by Crippen LogP contribution is 1.96. The molecule has 0 unspecified atom stereocenters. The van der Waals surface area contributed by atoms with Crippen molar-refractivity contribution in [3.05, 3.63) is 30.1 Å². The lowest BCUT2D eigenvalue weighted by Crippen LogP contribution is -2.19. The lowest BCUT2D eigenvalue weighted by atomic mass is 10.4. The molecule has 6 nitrogen and oxygen atoms in total. The SMILES string of the molecule is NC(=O)N=C(N)CCOCc1ccccn1. The Bertz CT molecular complexity index is 364. The zero-order valence-electron chi connectivity index (χ0n) is 8.80. The molecule has 1 heterocycles. The molecule has 2 amide bonds. The van der Waals surface area contributed by atoms with Crippen molar-refractivity contribution in [2.75, 3.05) is 6.61 Å². The topological polar surface area (TPSA) is 104 Å². The van der Waals surface area contributed by atoms with Gasteiger partial charge in [-0.15, -0.1) is 0 Å². The molecule has 0 bridgehead atoms. The first-order valence-corrected chi connectivity index (χ1v) is 4.78. The first-order chi connectivity index (χ1) is 7.68. The summed E-state index contributed by atoms with van der Waals surface area (Å²) in [7, 11) is 0. The number of carbonyl (C=O) groups excluding carboxylic acids is 1. The van der Waals surface area contributed by atoms with Gasteiger partial charge >= 0.3 is 6.03 Å². The number of aromatic nitrogens is 1. The van der Waals surface area contributed by atoms with E-state index in [1.54, 1.807) is 6.20 Å². The van der Waals surface area contributed by atoms with Crippen LogP contribution in [0.5, 0.6) is 0 Å². The van der Waals surface area contributed by atoms with E-state index in [1.165, 1.54) is 0 Å². The fourth-order valence-corrected chi connectivity index (χ4v) is 1.03. The quantitative estimate of drug-likeness (QED) is 0.428. The second-order valence-electron chi connectivity index (χ2n) is 3.07. The molecule has 0 aliphatic rings. The van der Waals surface area contributed by atoms with E-state index in [0.717, 1.165) is 5.69 Å². The molecule has 0 fully saturated rings. The number of hydrogen-bond acceptors (Lipinski definition) is 3. The predicted octanol–water partition coefficient (Wildman–Crippen LogP) is 0.424. The summed E-state index contributed by atoms with van der Waals surface area (Å²) in [5, 5.41) is 0. The number of ether oxygens (including phenoxy) is 1. The maximum Gasteiger partial charge on any atom is 0.339 e. The Morgan fingerprint density at radius 2 is 2.25 bits per heavy atom. The Hall–Kier alpha value is -1.95. The molecule has 0 atom stereocenters. The van der Waals surface area contributed by atoms with E-state index in [9.17, 15) is 4.79 Å². The lowest BCUT2D eigenvalue weighted by molar-refractivity contribution is 0.125. The molecule has 0 saturated carbocycles. The van der Waals surface area contributed by atoms with E-state index in [0.29, 0.717) is 19.6 Å². The second-order valence-corrected chi connectivity index (χ2v) is 3.07. The monoisotopic (exact) mass is 222 g/mol. The van der Waals surface area contributed by atoms with Crippen molar-refractivity contribution in [1.29, 1.82) is 0 Å². The number of aliphatic imine (C=N–C) groups is 1. The van der Waals surface area contributed by atoms with Crippen LogP contribution in [0.3, 0.4) is 0 Å². The number of pyridine rings is 1. The van der Waals surface area contributed by atoms with Crippen LogP contribution in [0.25, 0.3) is 0 Å². The van der Waals surface area contributed by atoms with Crippen LogP contribution in [-0.2, 0) is 11.3 Å². The summed E-state index contributed by atoms with van der Waals surface area (Å²) >= 11 is 0. The number of nitrogens with two attached hydrogens (primary N) is 2. The van der Waals surface area contributed by atoms with Crippen molar-refractivity contribution in [1.82, 2.24) is 4.98 Å². The van der Waals surface area contributed by atoms with Crippen molar-refractivity contribution in [3.8, 4) is 0 Å². The molecule has 0 radical (unpaired) electrons. The number of urea groups is 1. The summed E-state index contributed by atoms with van der Waals surface area (Å²) < 4.78 is 5.30. The zero-order chi connectivity index (χ0) is 11.8. The highest BCUT2D eigenvalue weighted by atomic mass is 16.5. The van der Waals surface area contributed by atoms with Gasteiger partial charge in [-0.1, -0.05) is 6.07 Å². The minimum Gasteiger partial charge on any atom is -0.387 e. The molecule has 1 aromatic rings. The number of rotatable bonds is 5. The fourth-order valence-electron chi connectivity index (χ4n) is 1.03. The van der Waals surface area contributed by atoms with Gasteiger partial charge in [-0.05, 0) is 12.1 Å². The normalized spacial score (nSPS) is 11.4. The molecule has 0 spiro atoms. The number of hydrogen-bond donors (Lipinski definition) is 2. The number of amidine groups is 1. The average molecular weight is 222 g/mol. The maximum absolute atomic E-state index is 10.4. The Morgan fingerprint density at radius 1 is 1.44 bits per heavy atom. The van der Waals surface area contributed by atoms with Gasteiger partial charge in [0.25, 0.3) is 0 Å². The van der Waals surface area contributed by atoms with Gasteiger partial charge in [0.05, 0.1) is 18.9 Å². The molecule has 0 aliphatic carbocycles. The van der Waals surface area contributed by atoms with Gasteiger partial charge in [-0.3, -0.25) is 4.98 Å². The summed E-state index contributed by atoms with van der Waals surface area (Å²) in [5.74, 6) is 0.175. The van der Waals surface area contributed by atoms with Gasteiger partial charge in [0.15, 0.2) is 0 Å². The molecular weight excluding hydrogens is 208 g/mol. The Labute approximate surface area is 93.3 Å². The maximum atomic E-state index is 10.4. The van der Waals surface area contributed by atoms with Crippen molar-refractivity contribution in [2.24, 2.45) is 16.5 Å². The summed E-state index contributed by atoms with van der Waals surface area (Å²) in [6, 6.07) is 4.79. The number of carbonyl (C=O) groups is 1. The van der Waals surface area contributed by atoms with Crippen LogP contribution in [-0.4, -0.2) is 23.5 Å². The molecule has 0 aromatic carbocycles. The van der Waals surface area contributed by atoms with E-state index in [1.807, 2.05) is 18.2 Å². The van der Waals surface area contributed by atoms with Gasteiger partial charge in [-0.25, -0.2) is 4.79 Å². The molecule has 16 heavy (non-hydrogen) atoms. The number of amides is 2. The molecule has 86 valence electrons. The first kappa shape index (κ1) is 12.1. The Morgan fingerprint density at radius 3 is 2.88 bits per heavy atom. The van der Waals surface area contributed by atoms with Crippen molar-refractivity contribution in [3.63, 3.8) is 0 Å². The summed E-state index contributed by atoms with van der Waals surface area (Å²) in [5.41, 5.74) is 11.1. The first-order valence-electron chi connectivity index (χ1n) is 4.78. The smallest absolute Gasteiger partial charge is 0.339 e. The lowest BCUT2D eigenvalue weighted by Gasteiger charge is -2.02. The second kappa shape index (κ2) is 6.52. The van der Waals surface area contributed by atoms with Gasteiger partial charge in [0.2, 0.25) is 0 Å². The van der Waals surface area contributed by atoms with Gasteiger partial charge in [0, 0.05) is 12.6 Å². The third-order valence-electron chi connectivity index (χ3n) is 1.73. The summed E-state index contributed by atoms with van der Waals surface area (Å²) in [4.78, 5) is 17.8. The van der Waals surface area contributed by atoms with Crippen LogP contribution in [0, 0.1) is 0 Å². The van der Waals surface area contributed by atoms with E-state index >= 15 is 0 Å². The van der Waals surface area contributed by atoms with E-state index in [4.69, 9.17) is 16.2 Å². The van der Waals surface area contributed by atoms with Crippen LogP contribution in [0.4, 0.5) is 4.79 Å². The standard InChI is InChI=1S/C10H14N4O2/c11-9(14-10(12)15)4-6-16-7-8-3-1-2-5-13-8/h1-3,5H,4,6-7H2,(H4,11,12,14,15). The summed E-state index contributed by atoms with van der Waals surface area (Å²) in [6.45, 7) is 0.782. The average Bonchev–Trinajstić information content (AvgIpc) is 2.25. The third kappa shape index (κ3) is 5.06. The van der Waals surface area contributed by atoms with Gasteiger partial charge < -0.3 is 16.2 Å². The fraction of sp³-hybridized carbons (Fsp3) is 0.300. The third-order valence-corrected chi connectivity index (χ3v) is 1.73. The Kier molecular flexibility index (Phi) is 4.94.